The smallest absolute Gasteiger partial charge is 0.338 e. The van der Waals surface area contributed by atoms with Gasteiger partial charge in [0.05, 0.1) is 11.8 Å². The molecule has 1 atom stereocenters. The standard InChI is InChI=1S/C12H17N3O3/c1-9-4-2-3-5-15(9)11(16)8-14-7-10(6-13-14)12(17)18/h6-7,9H,2-5,8H2,1H3,(H,17,18). The molecular weight excluding hydrogens is 234 g/mol. The Kier molecular flexibility index (Phi) is 3.64. The molecule has 0 spiro atoms. The average Bonchev–Trinajstić information content (AvgIpc) is 2.78. The lowest BCUT2D eigenvalue weighted by atomic mass is 10.0. The maximum absolute atomic E-state index is 12.1. The summed E-state index contributed by atoms with van der Waals surface area (Å²) in [5.74, 6) is -1.03. The average molecular weight is 251 g/mol. The van der Waals surface area contributed by atoms with Crippen molar-refractivity contribution >= 4 is 11.9 Å². The second-order valence-corrected chi connectivity index (χ2v) is 4.66. The first-order valence-electron chi connectivity index (χ1n) is 6.13. The van der Waals surface area contributed by atoms with E-state index < -0.39 is 5.97 Å². The number of carbonyl (C=O) groups excluding carboxylic acids is 1. The van der Waals surface area contributed by atoms with Gasteiger partial charge in [-0.2, -0.15) is 5.10 Å². The van der Waals surface area contributed by atoms with E-state index in [4.69, 9.17) is 5.11 Å². The lowest BCUT2D eigenvalue weighted by Crippen LogP contribution is -2.43. The topological polar surface area (TPSA) is 75.4 Å². The second-order valence-electron chi connectivity index (χ2n) is 4.66. The van der Waals surface area contributed by atoms with Crippen molar-refractivity contribution in [3.63, 3.8) is 0 Å². The Balaban J connectivity index is 1.99. The molecule has 1 saturated heterocycles. The normalized spacial score (nSPS) is 19.8. The molecule has 0 saturated carbocycles. The van der Waals surface area contributed by atoms with E-state index in [9.17, 15) is 9.59 Å². The SMILES string of the molecule is CC1CCCCN1C(=O)Cn1cc(C(=O)O)cn1. The molecule has 0 aromatic carbocycles. The first-order valence-corrected chi connectivity index (χ1v) is 6.13. The minimum atomic E-state index is -1.03. The molecule has 1 aromatic heterocycles. The predicted octanol–water partition coefficient (Wildman–Crippen LogP) is 0.982. The summed E-state index contributed by atoms with van der Waals surface area (Å²) in [6, 6.07) is 0.265. The number of aromatic carboxylic acids is 1. The molecule has 1 aliphatic heterocycles. The van der Waals surface area contributed by atoms with Gasteiger partial charge in [-0.1, -0.05) is 0 Å². The Morgan fingerprint density at radius 1 is 1.50 bits per heavy atom. The Morgan fingerprint density at radius 2 is 2.28 bits per heavy atom. The minimum Gasteiger partial charge on any atom is -0.478 e. The first kappa shape index (κ1) is 12.6. The van der Waals surface area contributed by atoms with Crippen LogP contribution in [0.25, 0.3) is 0 Å². The van der Waals surface area contributed by atoms with Crippen LogP contribution in [0.4, 0.5) is 0 Å². The summed E-state index contributed by atoms with van der Waals surface area (Å²) in [5, 5.41) is 12.7. The molecule has 1 fully saturated rings. The zero-order valence-corrected chi connectivity index (χ0v) is 10.4. The predicted molar refractivity (Wildman–Crippen MR) is 64.2 cm³/mol. The van der Waals surface area contributed by atoms with E-state index in [0.717, 1.165) is 25.8 Å². The summed E-state index contributed by atoms with van der Waals surface area (Å²) in [6.45, 7) is 2.94. The van der Waals surface area contributed by atoms with E-state index in [-0.39, 0.29) is 24.1 Å². The molecule has 1 unspecified atom stereocenters. The Hall–Kier alpha value is -1.85. The van der Waals surface area contributed by atoms with Gasteiger partial charge >= 0.3 is 5.97 Å². The molecule has 1 aromatic rings. The highest BCUT2D eigenvalue weighted by Gasteiger charge is 2.23. The van der Waals surface area contributed by atoms with E-state index in [1.54, 1.807) is 0 Å². The first-order chi connectivity index (χ1) is 8.58. The third-order valence-electron chi connectivity index (χ3n) is 3.30. The van der Waals surface area contributed by atoms with Crippen molar-refractivity contribution in [2.24, 2.45) is 0 Å². The molecule has 1 aliphatic rings. The van der Waals surface area contributed by atoms with Crippen molar-refractivity contribution in [3.05, 3.63) is 18.0 Å². The van der Waals surface area contributed by atoms with E-state index in [1.165, 1.54) is 17.1 Å². The molecule has 0 aliphatic carbocycles. The highest BCUT2D eigenvalue weighted by molar-refractivity contribution is 5.87. The number of carboxylic acid groups (broad SMARTS) is 1. The van der Waals surface area contributed by atoms with Crippen LogP contribution in [-0.2, 0) is 11.3 Å². The fourth-order valence-electron chi connectivity index (χ4n) is 2.26. The Morgan fingerprint density at radius 3 is 2.89 bits per heavy atom. The molecule has 0 bridgehead atoms. The number of nitrogens with zero attached hydrogens (tertiary/aromatic N) is 3. The number of piperidine rings is 1. The van der Waals surface area contributed by atoms with E-state index >= 15 is 0 Å². The number of hydrogen-bond acceptors (Lipinski definition) is 3. The van der Waals surface area contributed by atoms with E-state index in [2.05, 4.69) is 5.10 Å². The van der Waals surface area contributed by atoms with Crippen LogP contribution in [0.3, 0.4) is 0 Å². The summed E-state index contributed by atoms with van der Waals surface area (Å²) in [6.07, 6.45) is 5.88. The summed E-state index contributed by atoms with van der Waals surface area (Å²) in [4.78, 5) is 24.6. The highest BCUT2D eigenvalue weighted by atomic mass is 16.4. The van der Waals surface area contributed by atoms with Gasteiger partial charge in [0.1, 0.15) is 6.54 Å². The maximum Gasteiger partial charge on any atom is 0.338 e. The van der Waals surface area contributed by atoms with Crippen LogP contribution in [0.1, 0.15) is 36.5 Å². The summed E-state index contributed by atoms with van der Waals surface area (Å²) in [5.41, 5.74) is 0.106. The quantitative estimate of drug-likeness (QED) is 0.869. The van der Waals surface area contributed by atoms with Crippen molar-refractivity contribution < 1.29 is 14.7 Å². The zero-order valence-electron chi connectivity index (χ0n) is 10.4. The van der Waals surface area contributed by atoms with Crippen LogP contribution >= 0.6 is 0 Å². The van der Waals surface area contributed by atoms with Gasteiger partial charge in [0, 0.05) is 18.8 Å². The highest BCUT2D eigenvalue weighted by Crippen LogP contribution is 2.16. The van der Waals surface area contributed by atoms with Crippen molar-refractivity contribution in [2.45, 2.75) is 38.8 Å². The number of rotatable bonds is 3. The Bertz CT molecular complexity index is 455. The number of likely N-dealkylation sites (tertiary alicyclic amines) is 1. The monoisotopic (exact) mass is 251 g/mol. The fraction of sp³-hybridized carbons (Fsp3) is 0.583. The number of carbonyl (C=O) groups is 2. The molecule has 2 heterocycles. The van der Waals surface area contributed by atoms with Crippen molar-refractivity contribution in [2.75, 3.05) is 6.54 Å². The molecular formula is C12H17N3O3. The van der Waals surface area contributed by atoms with E-state index in [1.807, 2.05) is 11.8 Å². The van der Waals surface area contributed by atoms with Gasteiger partial charge in [-0.25, -0.2) is 4.79 Å². The summed E-state index contributed by atoms with van der Waals surface area (Å²) < 4.78 is 1.38. The van der Waals surface area contributed by atoms with Gasteiger partial charge in [0.25, 0.3) is 0 Å². The lowest BCUT2D eigenvalue weighted by molar-refractivity contribution is -0.135. The van der Waals surface area contributed by atoms with Crippen LogP contribution in [0.5, 0.6) is 0 Å². The molecule has 6 nitrogen and oxygen atoms in total. The Labute approximate surface area is 105 Å². The van der Waals surface area contributed by atoms with Crippen LogP contribution in [0, 0.1) is 0 Å². The number of aromatic nitrogens is 2. The third-order valence-corrected chi connectivity index (χ3v) is 3.30. The van der Waals surface area contributed by atoms with Crippen molar-refractivity contribution in [1.82, 2.24) is 14.7 Å². The van der Waals surface area contributed by atoms with Gasteiger partial charge in [-0.15, -0.1) is 0 Å². The van der Waals surface area contributed by atoms with Gasteiger partial charge in [0.15, 0.2) is 0 Å². The largest absolute Gasteiger partial charge is 0.478 e. The summed E-state index contributed by atoms with van der Waals surface area (Å²) in [7, 11) is 0. The van der Waals surface area contributed by atoms with Gasteiger partial charge in [0.2, 0.25) is 5.91 Å². The van der Waals surface area contributed by atoms with Crippen molar-refractivity contribution in [1.29, 1.82) is 0 Å². The van der Waals surface area contributed by atoms with E-state index in [0.29, 0.717) is 0 Å². The minimum absolute atomic E-state index is 0.00207. The maximum atomic E-state index is 12.1. The van der Waals surface area contributed by atoms with Crippen LogP contribution in [0.15, 0.2) is 12.4 Å². The molecule has 18 heavy (non-hydrogen) atoms. The zero-order chi connectivity index (χ0) is 13.1. The lowest BCUT2D eigenvalue weighted by Gasteiger charge is -2.33. The molecule has 2 rings (SSSR count). The summed E-state index contributed by atoms with van der Waals surface area (Å²) >= 11 is 0. The van der Waals surface area contributed by atoms with Crippen LogP contribution in [0.2, 0.25) is 0 Å². The molecule has 0 radical (unpaired) electrons. The molecule has 1 N–H and O–H groups in total. The third kappa shape index (κ3) is 2.69. The van der Waals surface area contributed by atoms with Crippen molar-refractivity contribution in [3.8, 4) is 0 Å². The van der Waals surface area contributed by atoms with Gasteiger partial charge in [-0.3, -0.25) is 9.48 Å². The van der Waals surface area contributed by atoms with Gasteiger partial charge < -0.3 is 10.0 Å². The molecule has 6 heteroatoms. The van der Waals surface area contributed by atoms with Crippen LogP contribution in [-0.4, -0.2) is 44.3 Å². The fourth-order valence-corrected chi connectivity index (χ4v) is 2.26. The van der Waals surface area contributed by atoms with Gasteiger partial charge in [-0.05, 0) is 26.2 Å². The number of hydrogen-bond donors (Lipinski definition) is 1. The number of carboxylic acids is 1. The van der Waals surface area contributed by atoms with Crippen LogP contribution < -0.4 is 0 Å². The molecule has 1 amide bonds. The second kappa shape index (κ2) is 5.20. The number of amides is 1. The molecule has 98 valence electrons.